The molecule has 5 rings (SSSR count). The second kappa shape index (κ2) is 9.11. The topological polar surface area (TPSA) is 85.3 Å². The highest BCUT2D eigenvalue weighted by Crippen LogP contribution is 2.40. The highest BCUT2D eigenvalue weighted by Gasteiger charge is 2.30. The smallest absolute Gasteiger partial charge is 0.270 e. The van der Waals surface area contributed by atoms with Gasteiger partial charge < -0.3 is 4.74 Å². The molecule has 174 valence electrons. The maximum atomic E-state index is 14.1. The van der Waals surface area contributed by atoms with Crippen molar-refractivity contribution >= 4 is 32.3 Å². The highest BCUT2D eigenvalue weighted by molar-refractivity contribution is 7.93. The zero-order valence-electron chi connectivity index (χ0n) is 18.5. The average Bonchev–Trinajstić information content (AvgIpc) is 2.89. The molecule has 35 heavy (non-hydrogen) atoms. The first kappa shape index (κ1) is 22.4. The Bertz CT molecular complexity index is 1630. The van der Waals surface area contributed by atoms with E-state index in [0.717, 1.165) is 15.1 Å². The molecule has 0 spiro atoms. The highest BCUT2D eigenvalue weighted by atomic mass is 32.2. The number of benzene rings is 3. The molecule has 0 N–H and O–H groups in total. The molecular formula is C26H19FN4O3S. The lowest BCUT2D eigenvalue weighted by Crippen LogP contribution is -2.27. The lowest BCUT2D eigenvalue weighted by Gasteiger charge is -2.25. The van der Waals surface area contributed by atoms with E-state index in [0.29, 0.717) is 16.9 Å². The van der Waals surface area contributed by atoms with Crippen LogP contribution in [-0.2, 0) is 10.0 Å². The first-order valence-electron chi connectivity index (χ1n) is 10.6. The summed E-state index contributed by atoms with van der Waals surface area (Å²) >= 11 is 0. The SMILES string of the molecule is COc1ccc(-c2cccc(F)c2)cc1N(c1ccncn1)S(=O)(=O)c1ccc2cnccc2c1. The Morgan fingerprint density at radius 2 is 1.69 bits per heavy atom. The number of nitrogens with zero attached hydrogens (tertiary/aromatic N) is 4. The summed E-state index contributed by atoms with van der Waals surface area (Å²) in [6, 6.07) is 19.1. The van der Waals surface area contributed by atoms with E-state index in [4.69, 9.17) is 4.74 Å². The van der Waals surface area contributed by atoms with Gasteiger partial charge in [-0.1, -0.05) is 24.3 Å². The molecule has 0 radical (unpaired) electrons. The van der Waals surface area contributed by atoms with E-state index in [9.17, 15) is 12.8 Å². The molecule has 0 amide bonds. The van der Waals surface area contributed by atoms with Crippen LogP contribution < -0.4 is 9.04 Å². The molecule has 0 aliphatic carbocycles. The molecule has 0 bridgehead atoms. The molecule has 0 aliphatic rings. The Morgan fingerprint density at radius 1 is 0.857 bits per heavy atom. The van der Waals surface area contributed by atoms with Crippen LogP contribution in [0.5, 0.6) is 5.75 Å². The molecule has 7 nitrogen and oxygen atoms in total. The van der Waals surface area contributed by atoms with Crippen LogP contribution in [0.4, 0.5) is 15.9 Å². The number of methoxy groups -OCH3 is 1. The van der Waals surface area contributed by atoms with Crippen LogP contribution in [-0.4, -0.2) is 30.5 Å². The van der Waals surface area contributed by atoms with Crippen LogP contribution in [0, 0.1) is 5.82 Å². The van der Waals surface area contributed by atoms with Crippen molar-refractivity contribution in [3.63, 3.8) is 0 Å². The van der Waals surface area contributed by atoms with Gasteiger partial charge in [0.15, 0.2) is 5.82 Å². The summed E-state index contributed by atoms with van der Waals surface area (Å²) in [5.74, 6) is 0.0349. The van der Waals surface area contributed by atoms with E-state index in [1.54, 1.807) is 60.9 Å². The van der Waals surface area contributed by atoms with Crippen molar-refractivity contribution in [2.45, 2.75) is 4.90 Å². The van der Waals surface area contributed by atoms with Crippen LogP contribution in [0.3, 0.4) is 0 Å². The van der Waals surface area contributed by atoms with Crippen molar-refractivity contribution in [1.29, 1.82) is 0 Å². The number of hydrogen-bond acceptors (Lipinski definition) is 6. The number of sulfonamides is 1. The van der Waals surface area contributed by atoms with Crippen molar-refractivity contribution < 1.29 is 17.5 Å². The normalized spacial score (nSPS) is 11.4. The Labute approximate surface area is 201 Å². The quantitative estimate of drug-likeness (QED) is 0.321. The molecule has 0 aliphatic heterocycles. The van der Waals surface area contributed by atoms with Crippen LogP contribution in [0.1, 0.15) is 0 Å². The van der Waals surface area contributed by atoms with E-state index >= 15 is 0 Å². The summed E-state index contributed by atoms with van der Waals surface area (Å²) in [5, 5.41) is 1.54. The summed E-state index contributed by atoms with van der Waals surface area (Å²) in [4.78, 5) is 12.3. The van der Waals surface area contributed by atoms with Crippen molar-refractivity contribution in [2.75, 3.05) is 11.4 Å². The summed E-state index contributed by atoms with van der Waals surface area (Å²) < 4.78 is 48.7. The van der Waals surface area contributed by atoms with E-state index in [2.05, 4.69) is 15.0 Å². The number of rotatable bonds is 6. The first-order chi connectivity index (χ1) is 17.0. The number of anilines is 2. The van der Waals surface area contributed by atoms with Gasteiger partial charge in [0.1, 0.15) is 23.6 Å². The molecule has 0 fully saturated rings. The van der Waals surface area contributed by atoms with Crippen LogP contribution in [0.15, 0.2) is 103 Å². The Kier molecular flexibility index (Phi) is 5.84. The fraction of sp³-hybridized carbons (Fsp3) is 0.0385. The lowest BCUT2D eigenvalue weighted by atomic mass is 10.0. The van der Waals surface area contributed by atoms with Crippen molar-refractivity contribution in [3.05, 3.63) is 104 Å². The minimum Gasteiger partial charge on any atom is -0.495 e. The van der Waals surface area contributed by atoms with E-state index in [1.165, 1.54) is 43.9 Å². The van der Waals surface area contributed by atoms with E-state index in [-0.39, 0.29) is 16.4 Å². The molecule has 0 unspecified atom stereocenters. The number of fused-ring (bicyclic) bond motifs is 1. The number of aromatic nitrogens is 3. The largest absolute Gasteiger partial charge is 0.495 e. The lowest BCUT2D eigenvalue weighted by molar-refractivity contribution is 0.416. The van der Waals surface area contributed by atoms with Crippen LogP contribution in [0.25, 0.3) is 21.9 Å². The number of ether oxygens (including phenoxy) is 1. The average molecular weight is 487 g/mol. The summed E-state index contributed by atoms with van der Waals surface area (Å²) in [6.45, 7) is 0. The summed E-state index contributed by atoms with van der Waals surface area (Å²) in [7, 11) is -2.72. The Morgan fingerprint density at radius 3 is 2.46 bits per heavy atom. The van der Waals surface area contributed by atoms with Crippen LogP contribution >= 0.6 is 0 Å². The fourth-order valence-corrected chi connectivity index (χ4v) is 5.29. The molecule has 2 heterocycles. The Hall–Kier alpha value is -4.37. The van der Waals surface area contributed by atoms with Gasteiger partial charge in [-0.15, -0.1) is 0 Å². The van der Waals surface area contributed by atoms with Crippen molar-refractivity contribution in [2.24, 2.45) is 0 Å². The molecule has 0 atom stereocenters. The van der Waals surface area contributed by atoms with Crippen molar-refractivity contribution in [3.8, 4) is 16.9 Å². The minimum absolute atomic E-state index is 0.0630. The summed E-state index contributed by atoms with van der Waals surface area (Å²) in [5.41, 5.74) is 1.43. The summed E-state index contributed by atoms with van der Waals surface area (Å²) in [6.07, 6.45) is 6.00. The second-order valence-electron chi connectivity index (χ2n) is 7.62. The second-order valence-corrected chi connectivity index (χ2v) is 9.41. The minimum atomic E-state index is -4.17. The third-order valence-electron chi connectivity index (χ3n) is 5.48. The monoisotopic (exact) mass is 486 g/mol. The molecule has 2 aromatic heterocycles. The van der Waals surface area contributed by atoms with Gasteiger partial charge in [0, 0.05) is 30.0 Å². The number of pyridine rings is 1. The predicted molar refractivity (Wildman–Crippen MR) is 131 cm³/mol. The first-order valence-corrected chi connectivity index (χ1v) is 12.0. The third kappa shape index (κ3) is 4.29. The molecule has 3 aromatic carbocycles. The maximum absolute atomic E-state index is 14.1. The third-order valence-corrected chi connectivity index (χ3v) is 7.19. The van der Waals surface area contributed by atoms with Gasteiger partial charge >= 0.3 is 0 Å². The van der Waals surface area contributed by atoms with E-state index in [1.807, 2.05) is 0 Å². The van der Waals surface area contributed by atoms with Gasteiger partial charge in [-0.25, -0.2) is 27.1 Å². The maximum Gasteiger partial charge on any atom is 0.270 e. The van der Waals surface area contributed by atoms with Gasteiger partial charge in [-0.3, -0.25) is 4.98 Å². The van der Waals surface area contributed by atoms with Gasteiger partial charge in [0.2, 0.25) is 0 Å². The predicted octanol–water partition coefficient (Wildman–Crippen LogP) is 5.37. The fourth-order valence-electron chi connectivity index (χ4n) is 3.80. The van der Waals surface area contributed by atoms with Gasteiger partial charge in [-0.2, -0.15) is 0 Å². The Balaban J connectivity index is 1.74. The van der Waals surface area contributed by atoms with E-state index < -0.39 is 15.8 Å². The van der Waals surface area contributed by atoms with Gasteiger partial charge in [0.05, 0.1) is 12.0 Å². The molecule has 9 heteroatoms. The number of halogens is 1. The zero-order valence-corrected chi connectivity index (χ0v) is 19.4. The van der Waals surface area contributed by atoms with Gasteiger partial charge in [0.25, 0.3) is 10.0 Å². The molecule has 5 aromatic rings. The van der Waals surface area contributed by atoms with Gasteiger partial charge in [-0.05, 0) is 59.0 Å². The molecule has 0 saturated carbocycles. The molecule has 0 saturated heterocycles. The standard InChI is InChI=1S/C26H19FN4O3S/c1-34-25-8-6-19(18-3-2-4-22(27)13-18)15-24(25)31(26-10-12-29-17-30-26)35(32,33)23-7-5-21-16-28-11-9-20(21)14-23/h2-17H,1H3. The molecular weight excluding hydrogens is 467 g/mol. The van der Waals surface area contributed by atoms with Crippen molar-refractivity contribution in [1.82, 2.24) is 15.0 Å². The zero-order chi connectivity index (χ0) is 24.4. The van der Waals surface area contributed by atoms with Crippen LogP contribution in [0.2, 0.25) is 0 Å². The number of hydrogen-bond donors (Lipinski definition) is 0.